The van der Waals surface area contributed by atoms with Crippen LogP contribution in [0, 0.1) is 0 Å². The summed E-state index contributed by atoms with van der Waals surface area (Å²) in [6.45, 7) is 5.42. The maximum Gasteiger partial charge on any atom is 0.0655 e. The molecule has 1 fully saturated rings. The topological polar surface area (TPSA) is 9.23 Å². The van der Waals surface area contributed by atoms with Gasteiger partial charge in [-0.3, -0.25) is 0 Å². The van der Waals surface area contributed by atoms with Gasteiger partial charge in [-0.1, -0.05) is 13.3 Å². The number of rotatable bonds is 2. The molecule has 1 saturated heterocycles. The molecular formula is C8H16O. The molecule has 0 radical (unpaired) electrons. The van der Waals surface area contributed by atoms with Gasteiger partial charge in [-0.25, -0.2) is 0 Å². The van der Waals surface area contributed by atoms with Crippen molar-refractivity contribution >= 4 is 0 Å². The Morgan fingerprint density at radius 2 is 2.33 bits per heavy atom. The molecular weight excluding hydrogens is 112 g/mol. The van der Waals surface area contributed by atoms with E-state index in [9.17, 15) is 0 Å². The van der Waals surface area contributed by atoms with Crippen molar-refractivity contribution in [2.45, 2.75) is 45.1 Å². The van der Waals surface area contributed by atoms with Crippen LogP contribution in [-0.4, -0.2) is 12.2 Å². The molecule has 0 saturated carbocycles. The first kappa shape index (κ1) is 7.07. The third kappa shape index (κ3) is 1.68. The van der Waals surface area contributed by atoms with E-state index in [1.807, 2.05) is 0 Å². The van der Waals surface area contributed by atoms with Crippen molar-refractivity contribution in [3.63, 3.8) is 0 Å². The van der Waals surface area contributed by atoms with Crippen LogP contribution in [0.3, 0.4) is 0 Å². The third-order valence-corrected chi connectivity index (χ3v) is 2.08. The quantitative estimate of drug-likeness (QED) is 0.554. The first-order chi connectivity index (χ1) is 4.27. The lowest BCUT2D eigenvalue weighted by Crippen LogP contribution is -2.21. The lowest BCUT2D eigenvalue weighted by molar-refractivity contribution is 0.0128. The molecule has 0 aromatic carbocycles. The Labute approximate surface area is 57.4 Å². The Balaban J connectivity index is 2.32. The minimum Gasteiger partial charge on any atom is -0.375 e. The summed E-state index contributed by atoms with van der Waals surface area (Å²) >= 11 is 0. The van der Waals surface area contributed by atoms with Crippen molar-refractivity contribution in [1.29, 1.82) is 0 Å². The van der Waals surface area contributed by atoms with Gasteiger partial charge in [-0.15, -0.1) is 0 Å². The van der Waals surface area contributed by atoms with Gasteiger partial charge in [0.15, 0.2) is 0 Å². The first-order valence-electron chi connectivity index (χ1n) is 3.91. The second-order valence-electron chi connectivity index (χ2n) is 3.15. The molecule has 54 valence electrons. The van der Waals surface area contributed by atoms with Gasteiger partial charge in [0.2, 0.25) is 0 Å². The van der Waals surface area contributed by atoms with Crippen LogP contribution in [0.5, 0.6) is 0 Å². The highest BCUT2D eigenvalue weighted by atomic mass is 16.5. The lowest BCUT2D eigenvalue weighted by Gasteiger charge is -2.21. The van der Waals surface area contributed by atoms with Gasteiger partial charge >= 0.3 is 0 Å². The molecule has 1 heterocycles. The highest BCUT2D eigenvalue weighted by Gasteiger charge is 2.27. The summed E-state index contributed by atoms with van der Waals surface area (Å²) in [5, 5.41) is 0. The van der Waals surface area contributed by atoms with Gasteiger partial charge in [0.1, 0.15) is 0 Å². The molecule has 0 aliphatic carbocycles. The normalized spacial score (nSPS) is 35.3. The molecule has 1 nitrogen and oxygen atoms in total. The molecule has 0 amide bonds. The molecule has 1 aliphatic rings. The Morgan fingerprint density at radius 1 is 1.56 bits per heavy atom. The summed E-state index contributed by atoms with van der Waals surface area (Å²) in [6.07, 6.45) is 5.00. The highest BCUT2D eigenvalue weighted by molar-refractivity contribution is 4.78. The molecule has 1 rings (SSSR count). The summed E-state index contributed by atoms with van der Waals surface area (Å²) in [5.74, 6) is 0. The predicted octanol–water partition coefficient (Wildman–Crippen LogP) is 2.36. The zero-order valence-electron chi connectivity index (χ0n) is 6.44. The lowest BCUT2D eigenvalue weighted by atomic mass is 9.97. The molecule has 9 heavy (non-hydrogen) atoms. The Hall–Kier alpha value is -0.0400. The number of ether oxygens (including phenoxy) is 1. The van der Waals surface area contributed by atoms with Crippen molar-refractivity contribution < 1.29 is 4.74 Å². The van der Waals surface area contributed by atoms with Crippen molar-refractivity contribution in [2.24, 2.45) is 0 Å². The minimum atomic E-state index is 0.245. The number of hydrogen-bond donors (Lipinski definition) is 0. The van der Waals surface area contributed by atoms with E-state index in [1.54, 1.807) is 0 Å². The summed E-state index contributed by atoms with van der Waals surface area (Å²) in [5.41, 5.74) is 0.245. The van der Waals surface area contributed by atoms with Gasteiger partial charge in [0, 0.05) is 6.61 Å². The van der Waals surface area contributed by atoms with Gasteiger partial charge in [0.25, 0.3) is 0 Å². The Kier molecular flexibility index (Phi) is 2.12. The van der Waals surface area contributed by atoms with Crippen molar-refractivity contribution in [2.75, 3.05) is 6.61 Å². The van der Waals surface area contributed by atoms with Crippen LogP contribution in [0.1, 0.15) is 39.5 Å². The maximum atomic E-state index is 5.58. The molecule has 0 aromatic rings. The predicted molar refractivity (Wildman–Crippen MR) is 38.5 cm³/mol. The Bertz CT molecular complexity index is 82.6. The Morgan fingerprint density at radius 3 is 2.78 bits per heavy atom. The fourth-order valence-electron chi connectivity index (χ4n) is 1.56. The monoisotopic (exact) mass is 128 g/mol. The van der Waals surface area contributed by atoms with E-state index >= 15 is 0 Å². The van der Waals surface area contributed by atoms with Crippen LogP contribution in [0.4, 0.5) is 0 Å². The maximum absolute atomic E-state index is 5.58. The van der Waals surface area contributed by atoms with Crippen LogP contribution in [-0.2, 0) is 4.74 Å². The first-order valence-corrected chi connectivity index (χ1v) is 3.91. The second kappa shape index (κ2) is 2.70. The molecule has 1 unspecified atom stereocenters. The highest BCUT2D eigenvalue weighted by Crippen LogP contribution is 2.29. The zero-order chi connectivity index (χ0) is 6.74. The van der Waals surface area contributed by atoms with Crippen LogP contribution >= 0.6 is 0 Å². The molecule has 1 atom stereocenters. The van der Waals surface area contributed by atoms with E-state index in [2.05, 4.69) is 13.8 Å². The van der Waals surface area contributed by atoms with Crippen LogP contribution in [0.15, 0.2) is 0 Å². The second-order valence-corrected chi connectivity index (χ2v) is 3.15. The molecule has 0 spiro atoms. The summed E-state index contributed by atoms with van der Waals surface area (Å²) < 4.78 is 5.58. The van der Waals surface area contributed by atoms with Gasteiger partial charge in [-0.05, 0) is 26.2 Å². The number of hydrogen-bond acceptors (Lipinski definition) is 1. The van der Waals surface area contributed by atoms with Gasteiger partial charge in [-0.2, -0.15) is 0 Å². The van der Waals surface area contributed by atoms with E-state index in [-0.39, 0.29) is 5.60 Å². The molecule has 0 N–H and O–H groups in total. The van der Waals surface area contributed by atoms with E-state index in [0.717, 1.165) is 6.61 Å². The molecule has 1 heteroatoms. The average Bonchev–Trinajstić information content (AvgIpc) is 2.16. The van der Waals surface area contributed by atoms with E-state index in [4.69, 9.17) is 4.74 Å². The molecule has 1 aliphatic heterocycles. The smallest absolute Gasteiger partial charge is 0.0655 e. The van der Waals surface area contributed by atoms with Crippen molar-refractivity contribution in [3.05, 3.63) is 0 Å². The SMILES string of the molecule is CCCC1(C)CCCO1. The van der Waals surface area contributed by atoms with Crippen molar-refractivity contribution in [3.8, 4) is 0 Å². The van der Waals surface area contributed by atoms with Crippen LogP contribution < -0.4 is 0 Å². The van der Waals surface area contributed by atoms with Crippen LogP contribution in [0.25, 0.3) is 0 Å². The zero-order valence-corrected chi connectivity index (χ0v) is 6.44. The van der Waals surface area contributed by atoms with E-state index in [0.29, 0.717) is 0 Å². The largest absolute Gasteiger partial charge is 0.375 e. The third-order valence-electron chi connectivity index (χ3n) is 2.08. The van der Waals surface area contributed by atoms with Gasteiger partial charge < -0.3 is 4.74 Å². The summed E-state index contributed by atoms with van der Waals surface area (Å²) in [4.78, 5) is 0. The van der Waals surface area contributed by atoms with Crippen molar-refractivity contribution in [1.82, 2.24) is 0 Å². The van der Waals surface area contributed by atoms with Crippen LogP contribution in [0.2, 0.25) is 0 Å². The fourth-order valence-corrected chi connectivity index (χ4v) is 1.56. The standard InChI is InChI=1S/C8H16O/c1-3-5-8(2)6-4-7-9-8/h3-7H2,1-2H3. The summed E-state index contributed by atoms with van der Waals surface area (Å²) in [7, 11) is 0. The summed E-state index contributed by atoms with van der Waals surface area (Å²) in [6, 6.07) is 0. The fraction of sp³-hybridized carbons (Fsp3) is 1.00. The molecule has 0 bridgehead atoms. The van der Waals surface area contributed by atoms with E-state index in [1.165, 1.54) is 25.7 Å². The van der Waals surface area contributed by atoms with Gasteiger partial charge in [0.05, 0.1) is 5.60 Å². The minimum absolute atomic E-state index is 0.245. The molecule has 0 aromatic heterocycles. The average molecular weight is 128 g/mol. The van der Waals surface area contributed by atoms with E-state index < -0.39 is 0 Å².